The molecule has 0 saturated carbocycles. The van der Waals surface area contributed by atoms with Crippen LogP contribution >= 0.6 is 0 Å². The SMILES string of the molecule is CNCc1cccc(OCC(=O)Nc2cccc(F)c2)c1. The first-order valence-corrected chi connectivity index (χ1v) is 6.59. The van der Waals surface area contributed by atoms with Crippen molar-refractivity contribution in [3.05, 3.63) is 59.9 Å². The Morgan fingerprint density at radius 1 is 1.19 bits per heavy atom. The zero-order valence-electron chi connectivity index (χ0n) is 11.7. The first kappa shape index (κ1) is 15.0. The maximum absolute atomic E-state index is 13.0. The normalized spacial score (nSPS) is 10.2. The van der Waals surface area contributed by atoms with Crippen LogP contribution in [0.3, 0.4) is 0 Å². The number of carbonyl (C=O) groups is 1. The molecule has 5 heteroatoms. The summed E-state index contributed by atoms with van der Waals surface area (Å²) in [5.74, 6) is -0.106. The molecule has 110 valence electrons. The highest BCUT2D eigenvalue weighted by atomic mass is 19.1. The molecule has 2 aromatic carbocycles. The number of nitrogens with one attached hydrogen (secondary N) is 2. The van der Waals surface area contributed by atoms with Crippen LogP contribution in [0.5, 0.6) is 5.75 Å². The van der Waals surface area contributed by atoms with Crippen molar-refractivity contribution in [2.45, 2.75) is 6.54 Å². The average molecular weight is 288 g/mol. The molecule has 0 aliphatic carbocycles. The van der Waals surface area contributed by atoms with E-state index >= 15 is 0 Å². The number of amides is 1. The van der Waals surface area contributed by atoms with Gasteiger partial charge in [-0.05, 0) is 42.9 Å². The quantitative estimate of drug-likeness (QED) is 0.859. The number of hydrogen-bond donors (Lipinski definition) is 2. The molecule has 1 amide bonds. The number of carbonyl (C=O) groups excluding carboxylic acids is 1. The number of hydrogen-bond acceptors (Lipinski definition) is 3. The van der Waals surface area contributed by atoms with Crippen LogP contribution in [0.1, 0.15) is 5.56 Å². The van der Waals surface area contributed by atoms with E-state index < -0.39 is 5.82 Å². The van der Waals surface area contributed by atoms with Gasteiger partial charge in [-0.3, -0.25) is 4.79 Å². The summed E-state index contributed by atoms with van der Waals surface area (Å²) < 4.78 is 18.4. The van der Waals surface area contributed by atoms with E-state index in [1.165, 1.54) is 18.2 Å². The number of ether oxygens (including phenoxy) is 1. The molecule has 0 heterocycles. The zero-order valence-corrected chi connectivity index (χ0v) is 11.7. The molecule has 4 nitrogen and oxygen atoms in total. The minimum Gasteiger partial charge on any atom is -0.484 e. The number of halogens is 1. The minimum atomic E-state index is -0.395. The predicted molar refractivity (Wildman–Crippen MR) is 79.7 cm³/mol. The van der Waals surface area contributed by atoms with Crippen LogP contribution in [0, 0.1) is 5.82 Å². The summed E-state index contributed by atoms with van der Waals surface area (Å²) in [6, 6.07) is 13.2. The van der Waals surface area contributed by atoms with Gasteiger partial charge >= 0.3 is 0 Å². The van der Waals surface area contributed by atoms with Gasteiger partial charge in [0.05, 0.1) is 0 Å². The number of anilines is 1. The first-order valence-electron chi connectivity index (χ1n) is 6.59. The summed E-state index contributed by atoms with van der Waals surface area (Å²) >= 11 is 0. The topological polar surface area (TPSA) is 50.4 Å². The summed E-state index contributed by atoms with van der Waals surface area (Å²) in [6.45, 7) is 0.603. The van der Waals surface area contributed by atoms with Gasteiger partial charge in [-0.2, -0.15) is 0 Å². The third-order valence-electron chi connectivity index (χ3n) is 2.76. The van der Waals surface area contributed by atoms with E-state index in [-0.39, 0.29) is 12.5 Å². The van der Waals surface area contributed by atoms with Gasteiger partial charge in [0, 0.05) is 12.2 Å². The summed E-state index contributed by atoms with van der Waals surface area (Å²) in [5.41, 5.74) is 1.48. The van der Waals surface area contributed by atoms with Crippen LogP contribution in [0.25, 0.3) is 0 Å². The fourth-order valence-corrected chi connectivity index (χ4v) is 1.86. The molecule has 0 fully saturated rings. The second kappa shape index (κ2) is 7.40. The van der Waals surface area contributed by atoms with E-state index in [0.29, 0.717) is 11.4 Å². The molecule has 0 aliphatic heterocycles. The molecule has 21 heavy (non-hydrogen) atoms. The predicted octanol–water partition coefficient (Wildman–Crippen LogP) is 2.56. The van der Waals surface area contributed by atoms with E-state index in [4.69, 9.17) is 4.74 Å². The molecule has 2 aromatic rings. The molecular weight excluding hydrogens is 271 g/mol. The van der Waals surface area contributed by atoms with E-state index in [9.17, 15) is 9.18 Å². The molecule has 0 unspecified atom stereocenters. The zero-order chi connectivity index (χ0) is 15.1. The van der Waals surface area contributed by atoms with Gasteiger partial charge in [-0.25, -0.2) is 4.39 Å². The highest BCUT2D eigenvalue weighted by Crippen LogP contribution is 2.13. The molecule has 2 rings (SSSR count). The van der Waals surface area contributed by atoms with Gasteiger partial charge in [0.1, 0.15) is 11.6 Å². The Labute approximate surface area is 122 Å². The molecule has 0 atom stereocenters. The first-order chi connectivity index (χ1) is 10.2. The van der Waals surface area contributed by atoms with Crippen molar-refractivity contribution in [1.29, 1.82) is 0 Å². The number of rotatable bonds is 6. The van der Waals surface area contributed by atoms with Gasteiger partial charge in [-0.15, -0.1) is 0 Å². The Kier molecular flexibility index (Phi) is 5.29. The second-order valence-corrected chi connectivity index (χ2v) is 4.52. The van der Waals surface area contributed by atoms with E-state index in [0.717, 1.165) is 12.1 Å². The standard InChI is InChI=1S/C16H17FN2O2/c1-18-10-12-4-2-7-15(8-12)21-11-16(20)19-14-6-3-5-13(17)9-14/h2-9,18H,10-11H2,1H3,(H,19,20). The Morgan fingerprint density at radius 3 is 2.76 bits per heavy atom. The van der Waals surface area contributed by atoms with E-state index in [2.05, 4.69) is 10.6 Å². The molecule has 0 aromatic heterocycles. The van der Waals surface area contributed by atoms with Gasteiger partial charge in [0.15, 0.2) is 6.61 Å². The van der Waals surface area contributed by atoms with Crippen molar-refractivity contribution in [2.24, 2.45) is 0 Å². The highest BCUT2D eigenvalue weighted by molar-refractivity contribution is 5.91. The van der Waals surface area contributed by atoms with Crippen molar-refractivity contribution < 1.29 is 13.9 Å². The molecule has 0 aliphatic rings. The van der Waals surface area contributed by atoms with Crippen LogP contribution in [-0.2, 0) is 11.3 Å². The van der Waals surface area contributed by atoms with Gasteiger partial charge in [0.25, 0.3) is 5.91 Å². The van der Waals surface area contributed by atoms with E-state index in [1.807, 2.05) is 25.2 Å². The molecular formula is C16H17FN2O2. The van der Waals surface area contributed by atoms with Crippen molar-refractivity contribution in [1.82, 2.24) is 5.32 Å². The van der Waals surface area contributed by atoms with Gasteiger partial charge < -0.3 is 15.4 Å². The lowest BCUT2D eigenvalue weighted by Crippen LogP contribution is -2.20. The maximum atomic E-state index is 13.0. The van der Waals surface area contributed by atoms with Crippen LogP contribution < -0.4 is 15.4 Å². The molecule has 0 spiro atoms. The highest BCUT2D eigenvalue weighted by Gasteiger charge is 2.05. The minimum absolute atomic E-state index is 0.125. The Balaban J connectivity index is 1.87. The lowest BCUT2D eigenvalue weighted by atomic mass is 10.2. The summed E-state index contributed by atoms with van der Waals surface area (Å²) in [4.78, 5) is 11.7. The summed E-state index contributed by atoms with van der Waals surface area (Å²) in [5, 5.41) is 5.62. The van der Waals surface area contributed by atoms with Crippen molar-refractivity contribution in [2.75, 3.05) is 19.0 Å². The average Bonchev–Trinajstić information content (AvgIpc) is 2.46. The number of benzene rings is 2. The van der Waals surface area contributed by atoms with Crippen molar-refractivity contribution in [3.63, 3.8) is 0 Å². The summed E-state index contributed by atoms with van der Waals surface area (Å²) in [7, 11) is 1.86. The van der Waals surface area contributed by atoms with E-state index in [1.54, 1.807) is 12.1 Å². The molecule has 2 N–H and O–H groups in total. The van der Waals surface area contributed by atoms with Gasteiger partial charge in [0.2, 0.25) is 0 Å². The second-order valence-electron chi connectivity index (χ2n) is 4.52. The maximum Gasteiger partial charge on any atom is 0.262 e. The fourth-order valence-electron chi connectivity index (χ4n) is 1.86. The van der Waals surface area contributed by atoms with Crippen LogP contribution in [-0.4, -0.2) is 19.6 Å². The van der Waals surface area contributed by atoms with Crippen LogP contribution in [0.15, 0.2) is 48.5 Å². The van der Waals surface area contributed by atoms with Crippen molar-refractivity contribution in [3.8, 4) is 5.75 Å². The third-order valence-corrected chi connectivity index (χ3v) is 2.76. The largest absolute Gasteiger partial charge is 0.484 e. The Hall–Kier alpha value is -2.40. The molecule has 0 radical (unpaired) electrons. The lowest BCUT2D eigenvalue weighted by molar-refractivity contribution is -0.118. The van der Waals surface area contributed by atoms with Crippen LogP contribution in [0.4, 0.5) is 10.1 Å². The third kappa shape index (κ3) is 4.89. The Bertz CT molecular complexity index is 617. The smallest absolute Gasteiger partial charge is 0.262 e. The Morgan fingerprint density at radius 2 is 2.00 bits per heavy atom. The molecule has 0 bridgehead atoms. The molecule has 0 saturated heterocycles. The lowest BCUT2D eigenvalue weighted by Gasteiger charge is -2.09. The van der Waals surface area contributed by atoms with Crippen LogP contribution in [0.2, 0.25) is 0 Å². The monoisotopic (exact) mass is 288 g/mol. The summed E-state index contributed by atoms with van der Waals surface area (Å²) in [6.07, 6.45) is 0. The fraction of sp³-hybridized carbons (Fsp3) is 0.188. The van der Waals surface area contributed by atoms with Crippen molar-refractivity contribution >= 4 is 11.6 Å². The van der Waals surface area contributed by atoms with Gasteiger partial charge in [-0.1, -0.05) is 18.2 Å².